The zero-order chi connectivity index (χ0) is 25.8. The van der Waals surface area contributed by atoms with Gasteiger partial charge in [-0.2, -0.15) is 0 Å². The Morgan fingerprint density at radius 2 is 0.781 bits per heavy atom. The van der Waals surface area contributed by atoms with Crippen molar-refractivity contribution in [1.82, 2.24) is 0 Å². The fourth-order valence-corrected chi connectivity index (χ4v) is 696. The van der Waals surface area contributed by atoms with Crippen molar-refractivity contribution in [3.05, 3.63) is 0 Å². The second kappa shape index (κ2) is 8.66. The third-order valence-electron chi connectivity index (χ3n) is 8.15. The second-order valence-electron chi connectivity index (χ2n) is 16.4. The van der Waals surface area contributed by atoms with Gasteiger partial charge >= 0.3 is 231 Å². The van der Waals surface area contributed by atoms with Crippen LogP contribution in [0.2, 0.25) is 125 Å². The summed E-state index contributed by atoms with van der Waals surface area (Å²) in [7, 11) is -7.15. The predicted molar refractivity (Wildman–Crippen MR) is 180 cm³/mol. The Bertz CT molecular complexity index is 604. The number of hydrogen-bond acceptors (Lipinski definition) is 0. The van der Waals surface area contributed by atoms with Crippen LogP contribution >= 0.6 is 0 Å². The summed E-state index contributed by atoms with van der Waals surface area (Å²) in [6.07, 6.45) is 0. The molecule has 3 aliphatic heterocycles. The summed E-state index contributed by atoms with van der Waals surface area (Å²) in [6, 6.07) is 0. The molecule has 3 fully saturated rings. The van der Waals surface area contributed by atoms with E-state index in [1.54, 1.807) is 7.64 Å². The molecule has 0 aromatic rings. The van der Waals surface area contributed by atoms with Crippen LogP contribution in [0.1, 0.15) is 0 Å². The van der Waals surface area contributed by atoms with Crippen molar-refractivity contribution in [2.75, 3.05) is 0 Å². The maximum atomic E-state index is 2.88. The second-order valence-corrected chi connectivity index (χ2v) is 136. The van der Waals surface area contributed by atoms with Crippen LogP contribution in [0.5, 0.6) is 0 Å². The first kappa shape index (κ1) is 32.0. The Morgan fingerprint density at radius 1 is 0.500 bits per heavy atom. The van der Waals surface area contributed by atoms with Gasteiger partial charge in [-0.25, -0.2) is 0 Å². The molecule has 0 nitrogen and oxygen atoms in total. The quantitative estimate of drug-likeness (QED) is 0.250. The van der Waals surface area contributed by atoms with Crippen LogP contribution in [0.25, 0.3) is 0 Å². The van der Waals surface area contributed by atoms with Crippen LogP contribution in [0.4, 0.5) is 0 Å². The van der Waals surface area contributed by atoms with Gasteiger partial charge in [0.25, 0.3) is 0 Å². The van der Waals surface area contributed by atoms with Gasteiger partial charge in [-0.05, 0) is 0 Å². The molecule has 3 heterocycles. The molecule has 2 bridgehead atoms. The Morgan fingerprint density at radius 3 is 1.00 bits per heavy atom. The summed E-state index contributed by atoms with van der Waals surface area (Å²) in [4.78, 5) is -1.05. The van der Waals surface area contributed by atoms with Gasteiger partial charge < -0.3 is 0 Å². The van der Waals surface area contributed by atoms with E-state index in [2.05, 4.69) is 118 Å². The van der Waals surface area contributed by atoms with E-state index in [4.69, 9.17) is 0 Å². The average Bonchev–Trinajstić information content (AvgIpc) is 2.83. The van der Waals surface area contributed by atoms with Crippen LogP contribution in [0.15, 0.2) is 0 Å². The van der Waals surface area contributed by atoms with Crippen LogP contribution in [0, 0.1) is 0 Å². The third-order valence-corrected chi connectivity index (χ3v) is 299. The topological polar surface area (TPSA) is 0 Å². The minimum absolute atomic E-state index is 0.988. The monoisotopic (exact) mass is 838 g/mol. The van der Waals surface area contributed by atoms with Gasteiger partial charge in [0.1, 0.15) is 0 Å². The molecule has 0 amide bonds. The van der Waals surface area contributed by atoms with Crippen LogP contribution < -0.4 is 0 Å². The zero-order valence-electron chi connectivity index (χ0n) is 24.6. The Kier molecular flexibility index (Phi) is 8.66. The molecule has 190 valence electrons. The molecule has 0 atom stereocenters. The van der Waals surface area contributed by atoms with Gasteiger partial charge in [0.2, 0.25) is 0 Å². The molecule has 0 aromatic carbocycles. The first-order valence-corrected chi connectivity index (χ1v) is 58.6. The van der Waals surface area contributed by atoms with Gasteiger partial charge in [0.05, 0.1) is 0 Å². The van der Waals surface area contributed by atoms with Crippen molar-refractivity contribution in [3.8, 4) is 0 Å². The summed E-state index contributed by atoms with van der Waals surface area (Å²) in [5.74, 6) is 0. The van der Waals surface area contributed by atoms with E-state index in [1.807, 2.05) is 0 Å². The Balaban J connectivity index is 2.87. The van der Waals surface area contributed by atoms with Crippen molar-refractivity contribution in [3.63, 3.8) is 0 Å². The normalized spacial score (nSPS) is 30.7. The fourth-order valence-electron chi connectivity index (χ4n) is 10.2. The van der Waals surface area contributed by atoms with E-state index >= 15 is 0 Å². The number of fused-ring (bicyclic) bond motifs is 1. The first-order valence-electron chi connectivity index (χ1n) is 12.3. The van der Waals surface area contributed by atoms with Gasteiger partial charge in [-0.3, -0.25) is 0 Å². The van der Waals surface area contributed by atoms with Crippen molar-refractivity contribution < 1.29 is 0 Å². The number of hydrogen-bond donors (Lipinski definition) is 0. The molecule has 0 aliphatic carbocycles. The van der Waals surface area contributed by atoms with Crippen molar-refractivity contribution in [2.24, 2.45) is 0 Å². The van der Waals surface area contributed by atoms with Gasteiger partial charge in [0, 0.05) is 0 Å². The number of rotatable bonds is 8. The Labute approximate surface area is 227 Å². The van der Waals surface area contributed by atoms with Crippen molar-refractivity contribution >= 4 is 106 Å². The molecular weight excluding hydrogens is 781 g/mol. The summed E-state index contributed by atoms with van der Waals surface area (Å²) in [6.45, 7) is 51.8. The average molecular weight is 835 g/mol. The summed E-state index contributed by atoms with van der Waals surface area (Å²) < 4.78 is 2.00. The fraction of sp³-hybridized carbons (Fsp3) is 1.00. The van der Waals surface area contributed by atoms with E-state index in [1.165, 1.54) is 25.0 Å². The molecule has 0 unspecified atom stereocenters. The Hall–Kier alpha value is 3.81. The van der Waals surface area contributed by atoms with Crippen LogP contribution in [-0.2, 0) is 0 Å². The summed E-state index contributed by atoms with van der Waals surface area (Å²) >= 11 is 3.54. The summed E-state index contributed by atoms with van der Waals surface area (Å²) in [5, 5.41) is 0. The van der Waals surface area contributed by atoms with Gasteiger partial charge in [-0.15, -0.1) is 0 Å². The van der Waals surface area contributed by atoms with E-state index < -0.39 is 60.6 Å². The molecule has 0 saturated carbocycles. The van der Waals surface area contributed by atoms with Crippen molar-refractivity contribution in [1.29, 1.82) is 0 Å². The van der Waals surface area contributed by atoms with E-state index in [9.17, 15) is 0 Å². The van der Waals surface area contributed by atoms with Crippen molar-refractivity contribution in [2.45, 2.75) is 125 Å². The molecule has 0 N–H and O–H groups in total. The van der Waals surface area contributed by atoms with E-state index in [0.717, 1.165) is 19.6 Å². The standard InChI is InChI=1S/C20H54Se4Si8/c1-26(2,3)19(27(4,5)6,28(7,8)9)24-21-25-32(22-24,23-24)20(29(10,11)12,30(13,14)15)31(16,17)18/h1-18H3. The molecule has 2 radical (unpaired) electrons. The zero-order valence-corrected chi connectivity index (χ0v) is 39.5. The van der Waals surface area contributed by atoms with E-state index in [0.29, 0.717) is 0 Å². The molecule has 32 heavy (non-hydrogen) atoms. The van der Waals surface area contributed by atoms with Crippen LogP contribution in [0.3, 0.4) is 0 Å². The molecule has 0 spiro atoms. The molecular formula is C20H54Se4Si8. The van der Waals surface area contributed by atoms with Gasteiger partial charge in [0.15, 0.2) is 0 Å². The molecule has 12 heteroatoms. The maximum absolute atomic E-state index is 2.88. The molecule has 3 saturated heterocycles. The predicted octanol–water partition coefficient (Wildman–Crippen LogP) is 6.37. The third kappa shape index (κ3) is 4.05. The minimum atomic E-state index is -1.28. The van der Waals surface area contributed by atoms with E-state index in [-0.39, 0.29) is 0 Å². The molecule has 3 aliphatic rings. The SMILES string of the molecule is C[Si](C)(C)C([Si](C)(C)C)([Si](C)(C)C)[Si]12[Si][Se][Se](C([Si](C)(C)C)([Si](C)(C)C)[Si](C)(C)C)([Se]1)[Se]2. The summed E-state index contributed by atoms with van der Waals surface area (Å²) in [5.41, 5.74) is 0. The molecule has 0 aromatic heterocycles. The molecule has 3 rings (SSSR count). The van der Waals surface area contributed by atoms with Gasteiger partial charge in [-0.1, -0.05) is 0 Å². The first-order chi connectivity index (χ1) is 13.6. The van der Waals surface area contributed by atoms with Crippen LogP contribution in [-0.4, -0.2) is 106 Å².